The Morgan fingerprint density at radius 1 is 1.47 bits per heavy atom. The fraction of sp³-hybridized carbons (Fsp3) is 0.364. The van der Waals surface area contributed by atoms with Gasteiger partial charge >= 0.3 is 0 Å². The first-order valence-electron chi connectivity index (χ1n) is 4.90. The minimum atomic E-state index is 0.00547. The van der Waals surface area contributed by atoms with Gasteiger partial charge in [0.15, 0.2) is 0 Å². The van der Waals surface area contributed by atoms with E-state index in [2.05, 4.69) is 26.6 Å². The van der Waals surface area contributed by atoms with E-state index >= 15 is 0 Å². The molecule has 0 bridgehead atoms. The van der Waals surface area contributed by atoms with E-state index in [1.54, 1.807) is 0 Å². The number of halogens is 1. The van der Waals surface area contributed by atoms with Crippen molar-refractivity contribution in [3.05, 3.63) is 28.2 Å². The first-order chi connectivity index (χ1) is 7.15. The summed E-state index contributed by atoms with van der Waals surface area (Å²) in [6.07, 6.45) is 0. The Balaban J connectivity index is 2.58. The van der Waals surface area contributed by atoms with E-state index in [1.807, 2.05) is 32.0 Å². The van der Waals surface area contributed by atoms with Gasteiger partial charge in [0.05, 0.1) is 6.54 Å². The van der Waals surface area contributed by atoms with Crippen molar-refractivity contribution in [1.29, 1.82) is 0 Å². The van der Waals surface area contributed by atoms with Gasteiger partial charge in [-0.05, 0) is 41.4 Å². The molecule has 3 nitrogen and oxygen atoms in total. The molecule has 82 valence electrons. The van der Waals surface area contributed by atoms with Gasteiger partial charge in [0, 0.05) is 16.7 Å². The van der Waals surface area contributed by atoms with Gasteiger partial charge in [0.2, 0.25) is 5.91 Å². The molecule has 0 unspecified atom stereocenters. The van der Waals surface area contributed by atoms with Crippen molar-refractivity contribution < 1.29 is 4.79 Å². The SMILES string of the molecule is CCNC(=O)CNc1cccc(C)c1Br. The monoisotopic (exact) mass is 270 g/mol. The maximum atomic E-state index is 11.2. The lowest BCUT2D eigenvalue weighted by molar-refractivity contribution is -0.119. The number of nitrogens with one attached hydrogen (secondary N) is 2. The summed E-state index contributed by atoms with van der Waals surface area (Å²) in [6.45, 7) is 4.88. The van der Waals surface area contributed by atoms with E-state index in [-0.39, 0.29) is 5.91 Å². The fourth-order valence-electron chi connectivity index (χ4n) is 1.22. The van der Waals surface area contributed by atoms with Crippen LogP contribution in [-0.2, 0) is 4.79 Å². The van der Waals surface area contributed by atoms with Crippen molar-refractivity contribution in [3.8, 4) is 0 Å². The van der Waals surface area contributed by atoms with Gasteiger partial charge < -0.3 is 10.6 Å². The molecule has 1 amide bonds. The van der Waals surface area contributed by atoms with Crippen LogP contribution in [0, 0.1) is 6.92 Å². The summed E-state index contributed by atoms with van der Waals surface area (Å²) in [6, 6.07) is 5.91. The first-order valence-corrected chi connectivity index (χ1v) is 5.70. The Morgan fingerprint density at radius 2 is 2.20 bits per heavy atom. The zero-order valence-electron chi connectivity index (χ0n) is 8.93. The smallest absolute Gasteiger partial charge is 0.239 e. The lowest BCUT2D eigenvalue weighted by atomic mass is 10.2. The summed E-state index contributed by atoms with van der Waals surface area (Å²) < 4.78 is 1.01. The highest BCUT2D eigenvalue weighted by atomic mass is 79.9. The zero-order valence-corrected chi connectivity index (χ0v) is 10.5. The highest BCUT2D eigenvalue weighted by Gasteiger charge is 2.03. The van der Waals surface area contributed by atoms with E-state index < -0.39 is 0 Å². The van der Waals surface area contributed by atoms with Crippen molar-refractivity contribution in [3.63, 3.8) is 0 Å². The summed E-state index contributed by atoms with van der Waals surface area (Å²) in [5.74, 6) is 0.00547. The molecule has 1 aromatic rings. The molecular formula is C11H15BrN2O. The second-order valence-electron chi connectivity index (χ2n) is 3.24. The molecule has 0 radical (unpaired) electrons. The minimum Gasteiger partial charge on any atom is -0.375 e. The highest BCUT2D eigenvalue weighted by Crippen LogP contribution is 2.25. The van der Waals surface area contributed by atoms with Crippen LogP contribution in [-0.4, -0.2) is 19.0 Å². The van der Waals surface area contributed by atoms with Crippen molar-refractivity contribution in [2.45, 2.75) is 13.8 Å². The second-order valence-corrected chi connectivity index (χ2v) is 4.04. The molecular weight excluding hydrogens is 256 g/mol. The standard InChI is InChI=1S/C11H15BrN2O/c1-3-13-10(15)7-14-9-6-4-5-8(2)11(9)12/h4-6,14H,3,7H2,1-2H3,(H,13,15). The largest absolute Gasteiger partial charge is 0.375 e. The number of likely N-dealkylation sites (N-methyl/N-ethyl adjacent to an activating group) is 1. The molecule has 0 spiro atoms. The number of carbonyl (C=O) groups excluding carboxylic acids is 1. The van der Waals surface area contributed by atoms with Crippen molar-refractivity contribution in [1.82, 2.24) is 5.32 Å². The van der Waals surface area contributed by atoms with Gasteiger partial charge in [-0.3, -0.25) is 4.79 Å². The van der Waals surface area contributed by atoms with Crippen LogP contribution in [0.4, 0.5) is 5.69 Å². The van der Waals surface area contributed by atoms with E-state index in [4.69, 9.17) is 0 Å². The summed E-state index contributed by atoms with van der Waals surface area (Å²) in [5.41, 5.74) is 2.09. The third kappa shape index (κ3) is 3.55. The van der Waals surface area contributed by atoms with Gasteiger partial charge in [-0.25, -0.2) is 0 Å². The highest BCUT2D eigenvalue weighted by molar-refractivity contribution is 9.10. The van der Waals surface area contributed by atoms with Crippen LogP contribution in [0.25, 0.3) is 0 Å². The predicted molar refractivity (Wildman–Crippen MR) is 66.1 cm³/mol. The topological polar surface area (TPSA) is 41.1 Å². The number of hydrogen-bond acceptors (Lipinski definition) is 2. The van der Waals surface area contributed by atoms with Gasteiger partial charge in [-0.15, -0.1) is 0 Å². The molecule has 1 rings (SSSR count). The molecule has 4 heteroatoms. The summed E-state index contributed by atoms with van der Waals surface area (Å²) in [5, 5.41) is 5.81. The average Bonchev–Trinajstić information content (AvgIpc) is 2.21. The maximum absolute atomic E-state index is 11.2. The summed E-state index contributed by atoms with van der Waals surface area (Å²) in [4.78, 5) is 11.2. The van der Waals surface area contributed by atoms with E-state index in [0.717, 1.165) is 15.7 Å². The van der Waals surface area contributed by atoms with Gasteiger partial charge in [0.1, 0.15) is 0 Å². The van der Waals surface area contributed by atoms with Gasteiger partial charge in [-0.1, -0.05) is 12.1 Å². The van der Waals surface area contributed by atoms with Crippen LogP contribution in [0.1, 0.15) is 12.5 Å². The number of hydrogen-bond donors (Lipinski definition) is 2. The predicted octanol–water partition coefficient (Wildman–Crippen LogP) is 2.31. The van der Waals surface area contributed by atoms with Crippen LogP contribution in [0.15, 0.2) is 22.7 Å². The first kappa shape index (κ1) is 12.0. The number of rotatable bonds is 4. The van der Waals surface area contributed by atoms with E-state index in [1.165, 1.54) is 0 Å². The Morgan fingerprint density at radius 3 is 2.87 bits per heavy atom. The minimum absolute atomic E-state index is 0.00547. The molecule has 0 atom stereocenters. The number of carbonyl (C=O) groups is 1. The lowest BCUT2D eigenvalue weighted by Crippen LogP contribution is -2.29. The van der Waals surface area contributed by atoms with Gasteiger partial charge in [-0.2, -0.15) is 0 Å². The molecule has 0 heterocycles. The Labute approximate surface area is 98.4 Å². The third-order valence-corrected chi connectivity index (χ3v) is 3.06. The summed E-state index contributed by atoms with van der Waals surface area (Å²) >= 11 is 3.48. The molecule has 0 aliphatic rings. The Hall–Kier alpha value is -1.03. The van der Waals surface area contributed by atoms with Crippen LogP contribution in [0.3, 0.4) is 0 Å². The van der Waals surface area contributed by atoms with Crippen LogP contribution < -0.4 is 10.6 Å². The van der Waals surface area contributed by atoms with Gasteiger partial charge in [0.25, 0.3) is 0 Å². The number of aryl methyl sites for hydroxylation is 1. The Kier molecular flexibility index (Phi) is 4.62. The van der Waals surface area contributed by atoms with Crippen LogP contribution in [0.2, 0.25) is 0 Å². The van der Waals surface area contributed by atoms with Crippen molar-refractivity contribution in [2.24, 2.45) is 0 Å². The quantitative estimate of drug-likeness (QED) is 0.882. The molecule has 0 saturated carbocycles. The molecule has 1 aromatic carbocycles. The number of anilines is 1. The molecule has 0 aromatic heterocycles. The third-order valence-electron chi connectivity index (χ3n) is 2.01. The lowest BCUT2D eigenvalue weighted by Gasteiger charge is -2.09. The van der Waals surface area contributed by atoms with Crippen molar-refractivity contribution >= 4 is 27.5 Å². The van der Waals surface area contributed by atoms with E-state index in [0.29, 0.717) is 13.1 Å². The Bertz CT molecular complexity index is 352. The second kappa shape index (κ2) is 5.75. The van der Waals surface area contributed by atoms with E-state index in [9.17, 15) is 4.79 Å². The number of amides is 1. The van der Waals surface area contributed by atoms with Crippen LogP contribution >= 0.6 is 15.9 Å². The van der Waals surface area contributed by atoms with Crippen molar-refractivity contribution in [2.75, 3.05) is 18.4 Å². The maximum Gasteiger partial charge on any atom is 0.239 e. The fourth-order valence-corrected chi connectivity index (χ4v) is 1.62. The molecule has 2 N–H and O–H groups in total. The summed E-state index contributed by atoms with van der Waals surface area (Å²) in [7, 11) is 0. The molecule has 0 aliphatic carbocycles. The molecule has 0 aliphatic heterocycles. The normalized spacial score (nSPS) is 9.80. The zero-order chi connectivity index (χ0) is 11.3. The number of benzene rings is 1. The average molecular weight is 271 g/mol. The molecule has 15 heavy (non-hydrogen) atoms. The molecule has 0 fully saturated rings. The van der Waals surface area contributed by atoms with Crippen LogP contribution in [0.5, 0.6) is 0 Å². The molecule has 0 saturated heterocycles.